The van der Waals surface area contributed by atoms with Crippen LogP contribution in [0.2, 0.25) is 5.02 Å². The molecular weight excluding hydrogens is 526 g/mol. The van der Waals surface area contributed by atoms with Crippen molar-refractivity contribution in [2.24, 2.45) is 0 Å². The van der Waals surface area contributed by atoms with Crippen molar-refractivity contribution in [1.29, 1.82) is 0 Å². The van der Waals surface area contributed by atoms with E-state index in [2.05, 4.69) is 5.32 Å². The van der Waals surface area contributed by atoms with Crippen LogP contribution < -0.4 is 14.4 Å². The highest BCUT2D eigenvalue weighted by Gasteiger charge is 2.33. The van der Waals surface area contributed by atoms with Gasteiger partial charge in [-0.2, -0.15) is 0 Å². The zero-order valence-corrected chi connectivity index (χ0v) is 23.4. The van der Waals surface area contributed by atoms with Crippen molar-refractivity contribution < 1.29 is 22.7 Å². The molecule has 1 N–H and O–H groups in total. The highest BCUT2D eigenvalue weighted by atomic mass is 35.5. The third-order valence-corrected chi connectivity index (χ3v) is 8.34. The molecule has 0 heterocycles. The van der Waals surface area contributed by atoms with E-state index in [0.29, 0.717) is 28.4 Å². The van der Waals surface area contributed by atoms with E-state index in [1.165, 1.54) is 31.2 Å². The number of nitrogens with one attached hydrogen (secondary N) is 1. The molecule has 0 aliphatic heterocycles. The van der Waals surface area contributed by atoms with Gasteiger partial charge in [0.2, 0.25) is 11.8 Å². The van der Waals surface area contributed by atoms with Gasteiger partial charge in [-0.05, 0) is 61.4 Å². The van der Waals surface area contributed by atoms with Crippen LogP contribution in [0.3, 0.4) is 0 Å². The summed E-state index contributed by atoms with van der Waals surface area (Å²) in [7, 11) is -1.17. The second-order valence-corrected chi connectivity index (χ2v) is 10.9. The summed E-state index contributed by atoms with van der Waals surface area (Å²) < 4.78 is 33.9. The highest BCUT2D eigenvalue weighted by molar-refractivity contribution is 7.92. The summed E-state index contributed by atoms with van der Waals surface area (Å²) in [4.78, 5) is 28.0. The summed E-state index contributed by atoms with van der Waals surface area (Å²) in [5.74, 6) is -0.393. The molecule has 0 aromatic heterocycles. The van der Waals surface area contributed by atoms with E-state index in [-0.39, 0.29) is 17.3 Å². The Morgan fingerprint density at radius 3 is 2.18 bits per heavy atom. The number of anilines is 1. The number of carbonyl (C=O) groups is 2. The minimum Gasteiger partial charge on any atom is -0.497 e. The van der Waals surface area contributed by atoms with Crippen molar-refractivity contribution in [3.63, 3.8) is 0 Å². The van der Waals surface area contributed by atoms with Crippen LogP contribution in [0.15, 0.2) is 77.7 Å². The largest absolute Gasteiger partial charge is 0.497 e. The van der Waals surface area contributed by atoms with Gasteiger partial charge in [0, 0.05) is 18.6 Å². The molecule has 0 bridgehead atoms. The Balaban J connectivity index is 2.06. The number of rotatable bonds is 11. The second-order valence-electron chi connectivity index (χ2n) is 8.67. The van der Waals surface area contributed by atoms with Crippen LogP contribution in [0.5, 0.6) is 5.75 Å². The van der Waals surface area contributed by atoms with E-state index in [4.69, 9.17) is 16.3 Å². The van der Waals surface area contributed by atoms with Crippen LogP contribution in [0.25, 0.3) is 0 Å². The fraction of sp³-hybridized carbons (Fsp3) is 0.286. The average Bonchev–Trinajstić information content (AvgIpc) is 2.92. The highest BCUT2D eigenvalue weighted by Crippen LogP contribution is 2.27. The molecule has 3 rings (SSSR count). The van der Waals surface area contributed by atoms with Gasteiger partial charge in [-0.1, -0.05) is 54.4 Å². The first kappa shape index (κ1) is 29.0. The molecule has 3 aromatic carbocycles. The molecule has 0 unspecified atom stereocenters. The molecule has 10 heteroatoms. The maximum Gasteiger partial charge on any atom is 0.264 e. The van der Waals surface area contributed by atoms with Gasteiger partial charge in [-0.15, -0.1) is 0 Å². The first-order chi connectivity index (χ1) is 18.1. The molecule has 0 radical (unpaired) electrons. The Morgan fingerprint density at radius 1 is 1.00 bits per heavy atom. The lowest BCUT2D eigenvalue weighted by molar-refractivity contribution is -0.140. The minimum atomic E-state index is -4.16. The first-order valence-corrected chi connectivity index (χ1v) is 13.9. The Hall–Kier alpha value is -3.56. The Labute approximate surface area is 229 Å². The number of likely N-dealkylation sites (N-methyl/N-ethyl adjacent to an activating group) is 1. The molecule has 0 saturated carbocycles. The molecule has 3 aromatic rings. The zero-order valence-electron chi connectivity index (χ0n) is 21.8. The van der Waals surface area contributed by atoms with E-state index >= 15 is 0 Å². The van der Waals surface area contributed by atoms with Crippen LogP contribution in [0.4, 0.5) is 5.69 Å². The van der Waals surface area contributed by atoms with Gasteiger partial charge < -0.3 is 15.0 Å². The first-order valence-electron chi connectivity index (χ1n) is 12.1. The van der Waals surface area contributed by atoms with Crippen LogP contribution >= 0.6 is 11.6 Å². The fourth-order valence-electron chi connectivity index (χ4n) is 4.01. The summed E-state index contributed by atoms with van der Waals surface area (Å²) in [6, 6.07) is 19.0. The van der Waals surface area contributed by atoms with Crippen LogP contribution in [-0.2, 0) is 26.2 Å². The van der Waals surface area contributed by atoms with Crippen LogP contribution in [0.1, 0.15) is 24.5 Å². The monoisotopic (exact) mass is 557 g/mol. The summed E-state index contributed by atoms with van der Waals surface area (Å²) in [5, 5.41) is 3.04. The number of nitrogens with zero attached hydrogens (tertiary/aromatic N) is 2. The van der Waals surface area contributed by atoms with E-state index in [9.17, 15) is 18.0 Å². The quantitative estimate of drug-likeness (QED) is 0.377. The van der Waals surface area contributed by atoms with Gasteiger partial charge in [0.25, 0.3) is 10.0 Å². The molecule has 0 aliphatic carbocycles. The van der Waals surface area contributed by atoms with Crippen molar-refractivity contribution >= 4 is 39.1 Å². The normalized spacial score (nSPS) is 11.9. The number of halogens is 1. The van der Waals surface area contributed by atoms with Crippen molar-refractivity contribution in [3.8, 4) is 5.75 Å². The van der Waals surface area contributed by atoms with Gasteiger partial charge in [0.1, 0.15) is 18.3 Å². The van der Waals surface area contributed by atoms with Crippen LogP contribution in [0, 0.1) is 6.92 Å². The average molecular weight is 558 g/mol. The molecule has 2 amide bonds. The predicted molar refractivity (Wildman–Crippen MR) is 149 cm³/mol. The maximum absolute atomic E-state index is 13.9. The Bertz CT molecular complexity index is 1360. The maximum atomic E-state index is 13.9. The molecule has 0 fully saturated rings. The molecule has 0 aliphatic rings. The van der Waals surface area contributed by atoms with Crippen molar-refractivity contribution in [1.82, 2.24) is 10.2 Å². The molecule has 202 valence electrons. The standard InChI is InChI=1S/C28H32ClN3O5S/c1-5-26(28(34)30-3)31(18-21-8-6-7-9-25(21)29)27(33)19-32(22-12-10-20(2)11-13-22)38(35,36)24-16-14-23(37-4)15-17-24/h6-17,26H,5,18-19H2,1-4H3,(H,30,34)/t26-/m1/s1. The van der Waals surface area contributed by atoms with Gasteiger partial charge in [-0.3, -0.25) is 13.9 Å². The van der Waals surface area contributed by atoms with Gasteiger partial charge in [0.05, 0.1) is 17.7 Å². The number of benzene rings is 3. The summed E-state index contributed by atoms with van der Waals surface area (Å²) in [6.07, 6.45) is 0.325. The number of hydrogen-bond donors (Lipinski definition) is 1. The Kier molecular flexibility index (Phi) is 9.77. The third kappa shape index (κ3) is 6.65. The van der Waals surface area contributed by atoms with E-state index in [1.807, 2.05) is 6.92 Å². The SMILES string of the molecule is CC[C@H](C(=O)NC)N(Cc1ccccc1Cl)C(=O)CN(c1ccc(C)cc1)S(=O)(=O)c1ccc(OC)cc1. The fourth-order valence-corrected chi connectivity index (χ4v) is 5.62. The minimum absolute atomic E-state index is 0.00247. The molecular formula is C28H32ClN3O5S. The molecule has 8 nitrogen and oxygen atoms in total. The number of ether oxygens (including phenoxy) is 1. The Morgan fingerprint density at radius 2 is 1.63 bits per heavy atom. The molecule has 38 heavy (non-hydrogen) atoms. The summed E-state index contributed by atoms with van der Waals surface area (Å²) in [6.45, 7) is 3.19. The van der Waals surface area contributed by atoms with Crippen molar-refractivity contribution in [2.75, 3.05) is 25.0 Å². The second kappa shape index (κ2) is 12.8. The lowest BCUT2D eigenvalue weighted by Gasteiger charge is -2.33. The molecule has 0 saturated heterocycles. The van der Waals surface area contributed by atoms with Crippen molar-refractivity contribution in [2.45, 2.75) is 37.8 Å². The number of sulfonamides is 1. The van der Waals surface area contributed by atoms with E-state index in [1.54, 1.807) is 67.6 Å². The van der Waals surface area contributed by atoms with Crippen molar-refractivity contribution in [3.05, 3.63) is 88.9 Å². The van der Waals surface area contributed by atoms with E-state index < -0.39 is 28.5 Å². The van der Waals surface area contributed by atoms with Crippen LogP contribution in [-0.4, -0.2) is 51.9 Å². The van der Waals surface area contributed by atoms with Gasteiger partial charge >= 0.3 is 0 Å². The molecule has 0 spiro atoms. The number of amides is 2. The number of methoxy groups -OCH3 is 1. The third-order valence-electron chi connectivity index (χ3n) is 6.18. The lowest BCUT2D eigenvalue weighted by atomic mass is 10.1. The smallest absolute Gasteiger partial charge is 0.264 e. The molecule has 1 atom stereocenters. The summed E-state index contributed by atoms with van der Waals surface area (Å²) >= 11 is 6.37. The van der Waals surface area contributed by atoms with E-state index in [0.717, 1.165) is 9.87 Å². The number of hydrogen-bond acceptors (Lipinski definition) is 5. The van der Waals surface area contributed by atoms with Gasteiger partial charge in [-0.25, -0.2) is 8.42 Å². The lowest BCUT2D eigenvalue weighted by Crippen LogP contribution is -2.51. The van der Waals surface area contributed by atoms with Gasteiger partial charge in [0.15, 0.2) is 0 Å². The topological polar surface area (TPSA) is 96.0 Å². The number of carbonyl (C=O) groups excluding carboxylic acids is 2. The zero-order chi connectivity index (χ0) is 27.9. The number of aryl methyl sites for hydroxylation is 1. The summed E-state index contributed by atoms with van der Waals surface area (Å²) in [5.41, 5.74) is 1.91. The predicted octanol–water partition coefficient (Wildman–Crippen LogP) is 4.41.